The Morgan fingerprint density at radius 1 is 1.21 bits per heavy atom. The summed E-state index contributed by atoms with van der Waals surface area (Å²) in [6.07, 6.45) is 0. The van der Waals surface area contributed by atoms with Crippen molar-refractivity contribution in [3.8, 4) is 5.69 Å². The van der Waals surface area contributed by atoms with E-state index in [1.165, 1.54) is 6.07 Å². The molecule has 0 bridgehead atoms. The van der Waals surface area contributed by atoms with Gasteiger partial charge >= 0.3 is 0 Å². The van der Waals surface area contributed by atoms with E-state index in [0.717, 1.165) is 11.4 Å². The predicted octanol–water partition coefficient (Wildman–Crippen LogP) is 2.45. The number of aromatic nitrogens is 2. The number of amides is 1. The number of carbonyl (C=O) groups is 1. The highest BCUT2D eigenvalue weighted by atomic mass is 19.1. The summed E-state index contributed by atoms with van der Waals surface area (Å²) in [7, 11) is 0. The minimum absolute atomic E-state index is 0.131. The lowest BCUT2D eigenvalue weighted by atomic mass is 10.1. The van der Waals surface area contributed by atoms with Crippen LogP contribution in [0.1, 0.15) is 35.6 Å². The van der Waals surface area contributed by atoms with Crippen LogP contribution in [0.5, 0.6) is 0 Å². The van der Waals surface area contributed by atoms with Gasteiger partial charge in [0.1, 0.15) is 11.5 Å². The van der Waals surface area contributed by atoms with Crippen LogP contribution in [-0.2, 0) is 0 Å². The molecule has 2 aromatic rings. The first-order valence-electron chi connectivity index (χ1n) is 8.23. The molecule has 2 heterocycles. The lowest BCUT2D eigenvalue weighted by Gasteiger charge is -2.36. The van der Waals surface area contributed by atoms with Gasteiger partial charge in [-0.25, -0.2) is 9.07 Å². The minimum atomic E-state index is -0.441. The number of benzene rings is 1. The van der Waals surface area contributed by atoms with E-state index >= 15 is 0 Å². The average Bonchev–Trinajstić information content (AvgIpc) is 2.84. The first-order valence-corrected chi connectivity index (χ1v) is 8.23. The van der Waals surface area contributed by atoms with E-state index in [0.29, 0.717) is 24.3 Å². The molecule has 24 heavy (non-hydrogen) atoms. The molecule has 1 fully saturated rings. The number of hydrogen-bond acceptors (Lipinski definition) is 3. The second-order valence-corrected chi connectivity index (χ2v) is 6.68. The lowest BCUT2D eigenvalue weighted by molar-refractivity contribution is 0.0673. The summed E-state index contributed by atoms with van der Waals surface area (Å²) in [5.74, 6) is -0.572. The third-order valence-corrected chi connectivity index (χ3v) is 4.28. The van der Waals surface area contributed by atoms with Gasteiger partial charge in [-0.15, -0.1) is 0 Å². The van der Waals surface area contributed by atoms with Crippen molar-refractivity contribution < 1.29 is 9.18 Å². The first-order chi connectivity index (χ1) is 11.3. The van der Waals surface area contributed by atoms with E-state index < -0.39 is 5.82 Å². The Morgan fingerprint density at radius 3 is 2.42 bits per heavy atom. The molecule has 5 nitrogen and oxygen atoms in total. The van der Waals surface area contributed by atoms with Crippen LogP contribution >= 0.6 is 0 Å². The molecule has 0 spiro atoms. The zero-order chi connectivity index (χ0) is 17.4. The monoisotopic (exact) mass is 330 g/mol. The second kappa shape index (κ2) is 6.36. The molecule has 1 aromatic heterocycles. The fraction of sp³-hybridized carbons (Fsp3) is 0.444. The Kier molecular flexibility index (Phi) is 4.41. The molecule has 6 heteroatoms. The molecule has 1 saturated heterocycles. The molecule has 1 aliphatic heterocycles. The Hall–Kier alpha value is -2.21. The number of halogens is 1. The van der Waals surface area contributed by atoms with E-state index in [4.69, 9.17) is 0 Å². The van der Waals surface area contributed by atoms with Crippen LogP contribution in [0.2, 0.25) is 0 Å². The highest BCUT2D eigenvalue weighted by Crippen LogP contribution is 2.19. The zero-order valence-electron chi connectivity index (χ0n) is 14.5. The Morgan fingerprint density at radius 2 is 1.88 bits per heavy atom. The SMILES string of the molecule is Cc1cc(C)n(-c2ccc(C(=O)N3C[C@@H](C)N[C@@H](C)C3)cc2F)n1. The van der Waals surface area contributed by atoms with Crippen LogP contribution < -0.4 is 5.32 Å². The molecule has 1 aromatic carbocycles. The van der Waals surface area contributed by atoms with E-state index in [2.05, 4.69) is 10.4 Å². The predicted molar refractivity (Wildman–Crippen MR) is 91.0 cm³/mol. The number of nitrogens with zero attached hydrogens (tertiary/aromatic N) is 3. The third-order valence-electron chi connectivity index (χ3n) is 4.28. The quantitative estimate of drug-likeness (QED) is 0.920. The van der Waals surface area contributed by atoms with Crippen molar-refractivity contribution in [3.05, 3.63) is 47.0 Å². The third kappa shape index (κ3) is 3.19. The molecule has 1 aliphatic rings. The molecule has 0 radical (unpaired) electrons. The van der Waals surface area contributed by atoms with E-state index in [-0.39, 0.29) is 18.0 Å². The smallest absolute Gasteiger partial charge is 0.254 e. The summed E-state index contributed by atoms with van der Waals surface area (Å²) in [6, 6.07) is 6.96. The molecular weight excluding hydrogens is 307 g/mol. The van der Waals surface area contributed by atoms with Gasteiger partial charge in [0.15, 0.2) is 0 Å². The van der Waals surface area contributed by atoms with E-state index in [1.54, 1.807) is 21.7 Å². The number of carbonyl (C=O) groups excluding carboxylic acids is 1. The number of rotatable bonds is 2. The molecule has 1 amide bonds. The number of aryl methyl sites for hydroxylation is 2. The average molecular weight is 330 g/mol. The fourth-order valence-corrected chi connectivity index (χ4v) is 3.36. The first kappa shape index (κ1) is 16.6. The normalized spacial score (nSPS) is 21.1. The van der Waals surface area contributed by atoms with Crippen LogP contribution in [0.3, 0.4) is 0 Å². The highest BCUT2D eigenvalue weighted by molar-refractivity contribution is 5.94. The van der Waals surface area contributed by atoms with Gasteiger partial charge in [-0.1, -0.05) is 0 Å². The van der Waals surface area contributed by atoms with Crippen LogP contribution in [0, 0.1) is 19.7 Å². The summed E-state index contributed by atoms with van der Waals surface area (Å²) in [5.41, 5.74) is 2.42. The lowest BCUT2D eigenvalue weighted by Crippen LogP contribution is -2.55. The van der Waals surface area contributed by atoms with E-state index in [1.807, 2.05) is 33.8 Å². The van der Waals surface area contributed by atoms with Crippen molar-refractivity contribution in [2.75, 3.05) is 13.1 Å². The van der Waals surface area contributed by atoms with Gasteiger partial charge < -0.3 is 10.2 Å². The number of nitrogens with one attached hydrogen (secondary N) is 1. The van der Waals surface area contributed by atoms with Crippen molar-refractivity contribution in [1.29, 1.82) is 0 Å². The Labute approximate surface area is 141 Å². The summed E-state index contributed by atoms with van der Waals surface area (Å²) in [5, 5.41) is 7.69. The van der Waals surface area contributed by atoms with Crippen molar-refractivity contribution in [3.63, 3.8) is 0 Å². The van der Waals surface area contributed by atoms with Gasteiger partial charge in [0.2, 0.25) is 0 Å². The summed E-state index contributed by atoms with van der Waals surface area (Å²) in [6.45, 7) is 9.09. The van der Waals surface area contributed by atoms with Crippen LogP contribution in [0.15, 0.2) is 24.3 Å². The van der Waals surface area contributed by atoms with Crippen LogP contribution in [0.4, 0.5) is 4.39 Å². The maximum absolute atomic E-state index is 14.6. The molecule has 0 aliphatic carbocycles. The van der Waals surface area contributed by atoms with Crippen molar-refractivity contribution in [2.45, 2.75) is 39.8 Å². The standard InChI is InChI=1S/C18H23FN4O/c1-11-7-14(4)23(21-11)17-6-5-15(8-16(17)19)18(24)22-9-12(2)20-13(3)10-22/h5-8,12-13,20H,9-10H2,1-4H3/t12-,13+. The number of hydrogen-bond donors (Lipinski definition) is 1. The molecule has 128 valence electrons. The van der Waals surface area contributed by atoms with Crippen LogP contribution in [0.25, 0.3) is 5.69 Å². The summed E-state index contributed by atoms with van der Waals surface area (Å²) in [4.78, 5) is 14.5. The molecule has 1 N–H and O–H groups in total. The Bertz CT molecular complexity index is 760. The number of piperazine rings is 1. The highest BCUT2D eigenvalue weighted by Gasteiger charge is 2.26. The molecule has 3 rings (SSSR count). The van der Waals surface area contributed by atoms with Gasteiger partial charge in [-0.05, 0) is 52.0 Å². The zero-order valence-corrected chi connectivity index (χ0v) is 14.5. The maximum Gasteiger partial charge on any atom is 0.254 e. The van der Waals surface area contributed by atoms with Gasteiger partial charge in [-0.3, -0.25) is 4.79 Å². The van der Waals surface area contributed by atoms with Gasteiger partial charge in [0.25, 0.3) is 5.91 Å². The van der Waals surface area contributed by atoms with Gasteiger partial charge in [0.05, 0.1) is 5.69 Å². The van der Waals surface area contributed by atoms with Crippen molar-refractivity contribution in [2.24, 2.45) is 0 Å². The van der Waals surface area contributed by atoms with E-state index in [9.17, 15) is 9.18 Å². The second-order valence-electron chi connectivity index (χ2n) is 6.68. The summed E-state index contributed by atoms with van der Waals surface area (Å²) < 4.78 is 16.1. The Balaban J connectivity index is 1.87. The van der Waals surface area contributed by atoms with Gasteiger partial charge in [-0.2, -0.15) is 5.10 Å². The minimum Gasteiger partial charge on any atom is -0.336 e. The topological polar surface area (TPSA) is 50.2 Å². The molecule has 0 saturated carbocycles. The van der Waals surface area contributed by atoms with Crippen LogP contribution in [-0.4, -0.2) is 45.8 Å². The fourth-order valence-electron chi connectivity index (χ4n) is 3.36. The molecular formula is C18H23FN4O. The largest absolute Gasteiger partial charge is 0.336 e. The van der Waals surface area contributed by atoms with Gasteiger partial charge in [0, 0.05) is 36.4 Å². The van der Waals surface area contributed by atoms with Crippen molar-refractivity contribution in [1.82, 2.24) is 20.0 Å². The maximum atomic E-state index is 14.6. The molecule has 0 unspecified atom stereocenters. The molecule has 2 atom stereocenters. The summed E-state index contributed by atoms with van der Waals surface area (Å²) >= 11 is 0. The van der Waals surface area contributed by atoms with Crippen molar-refractivity contribution >= 4 is 5.91 Å².